The fourth-order valence-corrected chi connectivity index (χ4v) is 2.58. The third kappa shape index (κ3) is 4.74. The molecule has 1 aromatic rings. The molecule has 1 aliphatic rings. The van der Waals surface area contributed by atoms with Crippen molar-refractivity contribution in [2.24, 2.45) is 5.92 Å². The van der Waals surface area contributed by atoms with Gasteiger partial charge in [-0.15, -0.1) is 0 Å². The van der Waals surface area contributed by atoms with Gasteiger partial charge in [-0.2, -0.15) is 0 Å². The van der Waals surface area contributed by atoms with Gasteiger partial charge in [-0.3, -0.25) is 9.59 Å². The number of benzene rings is 1. The predicted molar refractivity (Wildman–Crippen MR) is 83.8 cm³/mol. The maximum Gasteiger partial charge on any atom is 0.221 e. The monoisotopic (exact) mass is 286 g/mol. The molecule has 2 atom stereocenters. The second kappa shape index (κ2) is 7.07. The van der Waals surface area contributed by atoms with Gasteiger partial charge in [0.15, 0.2) is 0 Å². The lowest BCUT2D eigenvalue weighted by Gasteiger charge is -2.16. The Bertz CT molecular complexity index is 551. The Hall–Kier alpha value is -2.10. The van der Waals surface area contributed by atoms with Gasteiger partial charge in [0.2, 0.25) is 11.8 Å². The van der Waals surface area contributed by atoms with Crippen molar-refractivity contribution >= 4 is 17.5 Å². The van der Waals surface area contributed by atoms with Crippen molar-refractivity contribution < 1.29 is 9.59 Å². The molecule has 1 aliphatic carbocycles. The van der Waals surface area contributed by atoms with Crippen molar-refractivity contribution in [3.05, 3.63) is 42.0 Å². The molecule has 2 rings (SSSR count). The van der Waals surface area contributed by atoms with Crippen LogP contribution in [0.5, 0.6) is 0 Å². The van der Waals surface area contributed by atoms with E-state index in [1.165, 1.54) is 6.92 Å². The highest BCUT2D eigenvalue weighted by Gasteiger charge is 2.16. The Morgan fingerprint density at radius 2 is 2.19 bits per heavy atom. The lowest BCUT2D eigenvalue weighted by Crippen LogP contribution is -2.27. The largest absolute Gasteiger partial charge is 0.350 e. The molecule has 0 spiro atoms. The topological polar surface area (TPSA) is 58.2 Å². The van der Waals surface area contributed by atoms with Crippen LogP contribution in [0.25, 0.3) is 0 Å². The van der Waals surface area contributed by atoms with Crippen LogP contribution in [-0.4, -0.2) is 11.8 Å². The molecule has 2 N–H and O–H groups in total. The first-order valence-corrected chi connectivity index (χ1v) is 7.38. The van der Waals surface area contributed by atoms with Crippen LogP contribution < -0.4 is 10.6 Å². The van der Waals surface area contributed by atoms with Crippen LogP contribution in [0.15, 0.2) is 36.4 Å². The molecule has 112 valence electrons. The molecular formula is C17H22N2O2. The number of carbonyl (C=O) groups is 2. The van der Waals surface area contributed by atoms with Gasteiger partial charge < -0.3 is 10.6 Å². The van der Waals surface area contributed by atoms with Crippen molar-refractivity contribution in [2.45, 2.75) is 39.2 Å². The molecule has 4 heteroatoms. The molecule has 21 heavy (non-hydrogen) atoms. The molecule has 0 saturated carbocycles. The molecule has 0 heterocycles. The number of hydrogen-bond acceptors (Lipinski definition) is 2. The molecule has 0 aromatic heterocycles. The Balaban J connectivity index is 1.92. The number of carbonyl (C=O) groups excluding carboxylic acids is 2. The minimum Gasteiger partial charge on any atom is -0.350 e. The molecule has 1 aromatic carbocycles. The number of nitrogens with one attached hydrogen (secondary N) is 2. The van der Waals surface area contributed by atoms with E-state index in [0.717, 1.165) is 24.1 Å². The van der Waals surface area contributed by atoms with E-state index >= 15 is 0 Å². The van der Waals surface area contributed by atoms with Crippen LogP contribution in [0.3, 0.4) is 0 Å². The highest BCUT2D eigenvalue weighted by molar-refractivity contribution is 5.88. The summed E-state index contributed by atoms with van der Waals surface area (Å²) in [5.41, 5.74) is 1.73. The molecule has 0 radical (unpaired) electrons. The van der Waals surface area contributed by atoms with Gasteiger partial charge in [0.1, 0.15) is 0 Å². The van der Waals surface area contributed by atoms with E-state index in [9.17, 15) is 9.59 Å². The van der Waals surface area contributed by atoms with Gasteiger partial charge in [0.05, 0.1) is 6.04 Å². The lowest BCUT2D eigenvalue weighted by atomic mass is 10.0. The van der Waals surface area contributed by atoms with Crippen LogP contribution in [0.4, 0.5) is 5.69 Å². The Morgan fingerprint density at radius 1 is 1.38 bits per heavy atom. The molecule has 0 bridgehead atoms. The van der Waals surface area contributed by atoms with Gasteiger partial charge >= 0.3 is 0 Å². The maximum absolute atomic E-state index is 12.0. The van der Waals surface area contributed by atoms with Crippen molar-refractivity contribution in [2.75, 3.05) is 5.32 Å². The average molecular weight is 286 g/mol. The van der Waals surface area contributed by atoms with Crippen LogP contribution in [0.2, 0.25) is 0 Å². The first kappa shape index (κ1) is 15.3. The summed E-state index contributed by atoms with van der Waals surface area (Å²) in [6.45, 7) is 3.43. The highest BCUT2D eigenvalue weighted by Crippen LogP contribution is 2.21. The third-order valence-electron chi connectivity index (χ3n) is 3.64. The smallest absolute Gasteiger partial charge is 0.221 e. The maximum atomic E-state index is 12.0. The number of amides is 2. The Labute approximate surface area is 125 Å². The second-order valence-electron chi connectivity index (χ2n) is 5.57. The van der Waals surface area contributed by atoms with Gasteiger partial charge in [0, 0.05) is 19.0 Å². The van der Waals surface area contributed by atoms with Crippen molar-refractivity contribution in [1.82, 2.24) is 5.32 Å². The Morgan fingerprint density at radius 3 is 2.86 bits per heavy atom. The number of rotatable bonds is 5. The summed E-state index contributed by atoms with van der Waals surface area (Å²) in [6.07, 6.45) is 6.96. The predicted octanol–water partition coefficient (Wildman–Crippen LogP) is 3.18. The highest BCUT2D eigenvalue weighted by atomic mass is 16.2. The van der Waals surface area contributed by atoms with Crippen LogP contribution >= 0.6 is 0 Å². The summed E-state index contributed by atoms with van der Waals surface area (Å²) < 4.78 is 0. The molecule has 0 unspecified atom stereocenters. The summed E-state index contributed by atoms with van der Waals surface area (Å²) in [6, 6.07) is 7.48. The van der Waals surface area contributed by atoms with E-state index in [4.69, 9.17) is 0 Å². The molecular weight excluding hydrogens is 264 g/mol. The summed E-state index contributed by atoms with van der Waals surface area (Å²) >= 11 is 0. The SMILES string of the molecule is CC(=O)Nc1cccc([C@@H](C)NC(=O)C[C@H]2C=CCC2)c1. The van der Waals surface area contributed by atoms with Crippen molar-refractivity contribution in [3.63, 3.8) is 0 Å². The molecule has 0 aliphatic heterocycles. The first-order chi connectivity index (χ1) is 10.0. The molecule has 0 saturated heterocycles. The second-order valence-corrected chi connectivity index (χ2v) is 5.57. The fraction of sp³-hybridized carbons (Fsp3) is 0.412. The molecule has 0 fully saturated rings. The standard InChI is InChI=1S/C17H22N2O2/c1-12(18-17(21)10-14-6-3-4-7-14)15-8-5-9-16(11-15)19-13(2)20/h3,5-6,8-9,11-12,14H,4,7,10H2,1-2H3,(H,18,21)(H,19,20)/t12-,14+/m1/s1. The van der Waals surface area contributed by atoms with Crippen molar-refractivity contribution in [1.29, 1.82) is 0 Å². The van der Waals surface area contributed by atoms with Gasteiger partial charge in [-0.05, 0) is 43.4 Å². The fourth-order valence-electron chi connectivity index (χ4n) is 2.58. The first-order valence-electron chi connectivity index (χ1n) is 7.38. The minimum absolute atomic E-state index is 0.0726. The quantitative estimate of drug-likeness (QED) is 0.817. The van der Waals surface area contributed by atoms with E-state index in [0.29, 0.717) is 12.3 Å². The van der Waals surface area contributed by atoms with Gasteiger partial charge in [-0.25, -0.2) is 0 Å². The van der Waals surface area contributed by atoms with Gasteiger partial charge in [-0.1, -0.05) is 24.3 Å². The lowest BCUT2D eigenvalue weighted by molar-refractivity contribution is -0.122. The summed E-state index contributed by atoms with van der Waals surface area (Å²) in [4.78, 5) is 23.1. The number of allylic oxidation sites excluding steroid dienone is 2. The van der Waals surface area contributed by atoms with E-state index in [2.05, 4.69) is 22.8 Å². The van der Waals surface area contributed by atoms with E-state index in [1.54, 1.807) is 0 Å². The Kier molecular flexibility index (Phi) is 5.14. The summed E-state index contributed by atoms with van der Waals surface area (Å²) in [5.74, 6) is 0.351. The average Bonchev–Trinajstić information content (AvgIpc) is 2.90. The molecule has 2 amide bonds. The van der Waals surface area contributed by atoms with E-state index in [-0.39, 0.29) is 17.9 Å². The minimum atomic E-state index is -0.100. The summed E-state index contributed by atoms with van der Waals surface area (Å²) in [7, 11) is 0. The normalized spacial score (nSPS) is 18.3. The van der Waals surface area contributed by atoms with Crippen LogP contribution in [-0.2, 0) is 9.59 Å². The number of anilines is 1. The summed E-state index contributed by atoms with van der Waals surface area (Å²) in [5, 5.41) is 5.77. The van der Waals surface area contributed by atoms with Crippen LogP contribution in [0, 0.1) is 5.92 Å². The van der Waals surface area contributed by atoms with Crippen molar-refractivity contribution in [3.8, 4) is 0 Å². The number of hydrogen-bond donors (Lipinski definition) is 2. The van der Waals surface area contributed by atoms with E-state index < -0.39 is 0 Å². The van der Waals surface area contributed by atoms with E-state index in [1.807, 2.05) is 31.2 Å². The molecule has 4 nitrogen and oxygen atoms in total. The van der Waals surface area contributed by atoms with Gasteiger partial charge in [0.25, 0.3) is 0 Å². The zero-order chi connectivity index (χ0) is 15.2. The van der Waals surface area contributed by atoms with Crippen LogP contribution in [0.1, 0.15) is 44.7 Å². The zero-order valence-electron chi connectivity index (χ0n) is 12.6. The zero-order valence-corrected chi connectivity index (χ0v) is 12.6. The third-order valence-corrected chi connectivity index (χ3v) is 3.64.